The number of pyridine rings is 1. The summed E-state index contributed by atoms with van der Waals surface area (Å²) in [5, 5.41) is 11.5. The molecule has 1 N–H and O–H groups in total. The molecule has 34 heavy (non-hydrogen) atoms. The standard InChI is InChI=1S/C23H17ClF4N4O2/c1-2-33-14-4-5-15-18(7-8-29-19(15)10-14)30-21-11-20(16-9-13(24)3-6-17(16)25)31-32-22(21)34-12-23(26,27)28/h3-11H,2,12H2,1H3,(H,29,30,31). The second-order valence-corrected chi connectivity index (χ2v) is 7.51. The zero-order valence-corrected chi connectivity index (χ0v) is 18.4. The van der Waals surface area contributed by atoms with E-state index in [1.807, 2.05) is 6.92 Å². The van der Waals surface area contributed by atoms with Gasteiger partial charge < -0.3 is 14.8 Å². The average Bonchev–Trinajstić information content (AvgIpc) is 2.79. The number of alkyl halides is 3. The van der Waals surface area contributed by atoms with Gasteiger partial charge in [-0.2, -0.15) is 13.2 Å². The van der Waals surface area contributed by atoms with Gasteiger partial charge in [-0.3, -0.25) is 4.98 Å². The molecular weight excluding hydrogens is 476 g/mol. The molecule has 11 heteroatoms. The van der Waals surface area contributed by atoms with Crippen molar-refractivity contribution >= 4 is 33.9 Å². The van der Waals surface area contributed by atoms with Crippen LogP contribution in [0.5, 0.6) is 11.6 Å². The van der Waals surface area contributed by atoms with Crippen LogP contribution in [0.3, 0.4) is 0 Å². The smallest absolute Gasteiger partial charge is 0.422 e. The second kappa shape index (κ2) is 9.68. The number of benzene rings is 2. The zero-order valence-electron chi connectivity index (χ0n) is 17.7. The highest BCUT2D eigenvalue weighted by Gasteiger charge is 2.29. The number of anilines is 2. The Bertz CT molecular complexity index is 1330. The van der Waals surface area contributed by atoms with E-state index in [9.17, 15) is 17.6 Å². The number of aromatic nitrogens is 3. The van der Waals surface area contributed by atoms with Crippen molar-refractivity contribution < 1.29 is 27.0 Å². The molecule has 2 aromatic carbocycles. The molecule has 0 aliphatic heterocycles. The van der Waals surface area contributed by atoms with Crippen LogP contribution < -0.4 is 14.8 Å². The van der Waals surface area contributed by atoms with Crippen molar-refractivity contribution in [2.24, 2.45) is 0 Å². The summed E-state index contributed by atoms with van der Waals surface area (Å²) in [6.45, 7) is 0.764. The molecule has 0 unspecified atom stereocenters. The van der Waals surface area contributed by atoms with E-state index in [0.29, 0.717) is 28.9 Å². The summed E-state index contributed by atoms with van der Waals surface area (Å²) >= 11 is 5.97. The number of hydrogen-bond acceptors (Lipinski definition) is 6. The Morgan fingerprint density at radius 3 is 2.56 bits per heavy atom. The molecule has 0 saturated carbocycles. The molecule has 0 radical (unpaired) electrons. The predicted octanol–water partition coefficient (Wildman–Crippen LogP) is 6.57. The monoisotopic (exact) mass is 492 g/mol. The number of rotatable bonds is 7. The van der Waals surface area contributed by atoms with Crippen molar-refractivity contribution in [2.45, 2.75) is 13.1 Å². The number of fused-ring (bicyclic) bond motifs is 1. The highest BCUT2D eigenvalue weighted by molar-refractivity contribution is 6.30. The highest BCUT2D eigenvalue weighted by Crippen LogP contribution is 2.34. The molecule has 0 saturated heterocycles. The SMILES string of the molecule is CCOc1ccc2c(Nc3cc(-c4cc(Cl)ccc4F)nnc3OCC(F)(F)F)ccnc2c1. The molecular formula is C23H17ClF4N4O2. The van der Waals surface area contributed by atoms with Crippen molar-refractivity contribution in [1.82, 2.24) is 15.2 Å². The lowest BCUT2D eigenvalue weighted by atomic mass is 10.1. The van der Waals surface area contributed by atoms with Crippen LogP contribution in [0.15, 0.2) is 54.7 Å². The molecule has 4 rings (SSSR count). The fourth-order valence-electron chi connectivity index (χ4n) is 3.19. The first-order chi connectivity index (χ1) is 16.2. The van der Waals surface area contributed by atoms with Gasteiger partial charge in [0.05, 0.1) is 17.8 Å². The van der Waals surface area contributed by atoms with E-state index >= 15 is 0 Å². The van der Waals surface area contributed by atoms with E-state index in [4.69, 9.17) is 21.1 Å². The Morgan fingerprint density at radius 2 is 1.79 bits per heavy atom. The molecule has 2 aromatic heterocycles. The molecule has 0 fully saturated rings. The molecule has 4 aromatic rings. The third-order valence-corrected chi connectivity index (χ3v) is 4.87. The number of nitrogens with zero attached hydrogens (tertiary/aromatic N) is 3. The second-order valence-electron chi connectivity index (χ2n) is 7.07. The Labute approximate surface area is 196 Å². The summed E-state index contributed by atoms with van der Waals surface area (Å²) < 4.78 is 63.1. The van der Waals surface area contributed by atoms with Gasteiger partial charge >= 0.3 is 6.18 Å². The minimum absolute atomic E-state index is 0.0337. The van der Waals surface area contributed by atoms with Crippen LogP contribution >= 0.6 is 11.6 Å². The number of nitrogens with one attached hydrogen (secondary N) is 1. The van der Waals surface area contributed by atoms with Crippen LogP contribution in [0.25, 0.3) is 22.2 Å². The lowest BCUT2D eigenvalue weighted by molar-refractivity contribution is -0.154. The number of halogens is 5. The molecule has 0 atom stereocenters. The normalized spacial score (nSPS) is 11.5. The van der Waals surface area contributed by atoms with Gasteiger partial charge in [-0.05, 0) is 49.4 Å². The lowest BCUT2D eigenvalue weighted by Gasteiger charge is -2.15. The third-order valence-electron chi connectivity index (χ3n) is 4.63. The molecule has 6 nitrogen and oxygen atoms in total. The quantitative estimate of drug-likeness (QED) is 0.294. The van der Waals surface area contributed by atoms with Gasteiger partial charge in [0.15, 0.2) is 6.61 Å². The van der Waals surface area contributed by atoms with Gasteiger partial charge in [0.1, 0.15) is 17.3 Å². The largest absolute Gasteiger partial charge is 0.494 e. The van der Waals surface area contributed by atoms with Crippen molar-refractivity contribution in [3.8, 4) is 22.9 Å². The summed E-state index contributed by atoms with van der Waals surface area (Å²) in [4.78, 5) is 4.31. The van der Waals surface area contributed by atoms with E-state index in [2.05, 4.69) is 20.5 Å². The zero-order chi connectivity index (χ0) is 24.3. The first-order valence-electron chi connectivity index (χ1n) is 10.0. The molecule has 2 heterocycles. The fourth-order valence-corrected chi connectivity index (χ4v) is 3.36. The van der Waals surface area contributed by atoms with Gasteiger partial charge in [-0.25, -0.2) is 4.39 Å². The molecule has 0 amide bonds. The first-order valence-corrected chi connectivity index (χ1v) is 10.4. The Hall–Kier alpha value is -3.66. The van der Waals surface area contributed by atoms with Gasteiger partial charge in [-0.1, -0.05) is 11.6 Å². The van der Waals surface area contributed by atoms with Crippen molar-refractivity contribution in [3.63, 3.8) is 0 Å². The highest BCUT2D eigenvalue weighted by atomic mass is 35.5. The van der Waals surface area contributed by atoms with Gasteiger partial charge in [0, 0.05) is 33.9 Å². The maximum absolute atomic E-state index is 14.4. The summed E-state index contributed by atoms with van der Waals surface area (Å²) in [5.41, 5.74) is 1.24. The van der Waals surface area contributed by atoms with Crippen molar-refractivity contribution in [3.05, 3.63) is 65.6 Å². The van der Waals surface area contributed by atoms with Crippen LogP contribution in [0.2, 0.25) is 5.02 Å². The van der Waals surface area contributed by atoms with Crippen LogP contribution in [-0.2, 0) is 0 Å². The number of hydrogen-bond donors (Lipinski definition) is 1. The Balaban J connectivity index is 1.77. The minimum atomic E-state index is -4.59. The Kier molecular flexibility index (Phi) is 6.69. The average molecular weight is 493 g/mol. The third kappa shape index (κ3) is 5.45. The maximum atomic E-state index is 14.4. The molecule has 176 valence electrons. The first kappa shape index (κ1) is 23.5. The predicted molar refractivity (Wildman–Crippen MR) is 120 cm³/mol. The maximum Gasteiger partial charge on any atom is 0.422 e. The van der Waals surface area contributed by atoms with E-state index in [1.165, 1.54) is 24.4 Å². The van der Waals surface area contributed by atoms with E-state index in [-0.39, 0.29) is 22.0 Å². The van der Waals surface area contributed by atoms with Gasteiger partial charge in [0.2, 0.25) is 0 Å². The topological polar surface area (TPSA) is 69.2 Å². The fraction of sp³-hybridized carbons (Fsp3) is 0.174. The molecule has 0 aliphatic rings. The van der Waals surface area contributed by atoms with Crippen molar-refractivity contribution in [2.75, 3.05) is 18.5 Å². The summed E-state index contributed by atoms with van der Waals surface area (Å²) in [6.07, 6.45) is -3.06. The van der Waals surface area contributed by atoms with E-state index in [1.54, 1.807) is 24.3 Å². The molecule has 0 aliphatic carbocycles. The minimum Gasteiger partial charge on any atom is -0.494 e. The van der Waals surface area contributed by atoms with E-state index in [0.717, 1.165) is 6.07 Å². The summed E-state index contributed by atoms with van der Waals surface area (Å²) in [6, 6.07) is 12.1. The van der Waals surface area contributed by atoms with Crippen LogP contribution in [0.4, 0.5) is 28.9 Å². The van der Waals surface area contributed by atoms with Crippen LogP contribution in [0.1, 0.15) is 6.92 Å². The summed E-state index contributed by atoms with van der Waals surface area (Å²) in [5.74, 6) is -0.399. The summed E-state index contributed by atoms with van der Waals surface area (Å²) in [7, 11) is 0. The molecule has 0 spiro atoms. The van der Waals surface area contributed by atoms with E-state index < -0.39 is 24.5 Å². The van der Waals surface area contributed by atoms with Crippen LogP contribution in [-0.4, -0.2) is 34.6 Å². The van der Waals surface area contributed by atoms with Crippen molar-refractivity contribution in [1.29, 1.82) is 0 Å². The van der Waals surface area contributed by atoms with Gasteiger partial charge in [-0.15, -0.1) is 10.2 Å². The Morgan fingerprint density at radius 1 is 0.971 bits per heavy atom. The number of ether oxygens (including phenoxy) is 2. The molecule has 0 bridgehead atoms. The lowest BCUT2D eigenvalue weighted by Crippen LogP contribution is -2.20. The van der Waals surface area contributed by atoms with Gasteiger partial charge in [0.25, 0.3) is 5.88 Å². The van der Waals surface area contributed by atoms with Crippen LogP contribution in [0, 0.1) is 5.82 Å².